The third-order valence-corrected chi connectivity index (χ3v) is 4.28. The van der Waals surface area contributed by atoms with Gasteiger partial charge in [-0.05, 0) is 12.8 Å². The maximum atomic E-state index is 10.2. The Hall–Kier alpha value is -1.17. The molecule has 0 spiro atoms. The monoisotopic (exact) mass is 253 g/mol. The first-order chi connectivity index (χ1) is 8.11. The smallest absolute Gasteiger partial charge is 0.137 e. The number of aromatic nitrogens is 3. The average Bonchev–Trinajstić information content (AvgIpc) is 2.79. The Balaban J connectivity index is 2.16. The summed E-state index contributed by atoms with van der Waals surface area (Å²) in [5.41, 5.74) is -0.478. The van der Waals surface area contributed by atoms with E-state index in [1.165, 1.54) is 0 Å². The number of rotatable bonds is 2. The molecule has 0 amide bonds. The van der Waals surface area contributed by atoms with Crippen molar-refractivity contribution in [3.63, 3.8) is 0 Å². The van der Waals surface area contributed by atoms with Crippen LogP contribution >= 0.6 is 11.6 Å². The van der Waals surface area contributed by atoms with Gasteiger partial charge in [0.2, 0.25) is 0 Å². The fourth-order valence-corrected chi connectivity index (χ4v) is 2.69. The van der Waals surface area contributed by atoms with Crippen LogP contribution in [0.1, 0.15) is 18.7 Å². The molecule has 0 aromatic carbocycles. The highest BCUT2D eigenvalue weighted by Gasteiger charge is 2.60. The lowest BCUT2D eigenvalue weighted by Gasteiger charge is -2.50. The number of aliphatic hydroxyl groups excluding tert-OH is 1. The average molecular weight is 254 g/mol. The third-order valence-electron chi connectivity index (χ3n) is 3.57. The second-order valence-corrected chi connectivity index (χ2v) is 5.09. The Morgan fingerprint density at radius 1 is 1.41 bits per heavy atom. The van der Waals surface area contributed by atoms with Gasteiger partial charge in [-0.15, -0.1) is 11.6 Å². The number of alkyl halides is 1. The van der Waals surface area contributed by atoms with E-state index in [4.69, 9.17) is 11.6 Å². The standard InChI is InChI=1S/C11H12ClN3O2/c12-11(2-1-10(11,17)7-16)9-14-6-8-5-13-3-4-15(8)9/h3-6,16-17H,1-2,7H2. The minimum Gasteiger partial charge on any atom is -0.393 e. The molecule has 0 saturated heterocycles. The predicted molar refractivity (Wildman–Crippen MR) is 61.8 cm³/mol. The van der Waals surface area contributed by atoms with Crippen molar-refractivity contribution in [2.24, 2.45) is 0 Å². The Kier molecular flexibility index (Phi) is 2.20. The van der Waals surface area contributed by atoms with Crippen LogP contribution in [-0.4, -0.2) is 36.8 Å². The molecule has 0 bridgehead atoms. The Morgan fingerprint density at radius 3 is 2.88 bits per heavy atom. The van der Waals surface area contributed by atoms with Crippen molar-refractivity contribution in [1.29, 1.82) is 0 Å². The van der Waals surface area contributed by atoms with Gasteiger partial charge in [-0.1, -0.05) is 0 Å². The van der Waals surface area contributed by atoms with Crippen molar-refractivity contribution in [2.75, 3.05) is 6.61 Å². The molecular weight excluding hydrogens is 242 g/mol. The molecule has 90 valence electrons. The quantitative estimate of drug-likeness (QED) is 0.773. The van der Waals surface area contributed by atoms with Crippen LogP contribution in [0.25, 0.3) is 5.52 Å². The Labute approximate surface area is 103 Å². The van der Waals surface area contributed by atoms with Gasteiger partial charge in [-0.25, -0.2) is 4.98 Å². The van der Waals surface area contributed by atoms with Crippen LogP contribution in [-0.2, 0) is 4.87 Å². The second kappa shape index (κ2) is 3.41. The number of fused-ring (bicyclic) bond motifs is 1. The van der Waals surface area contributed by atoms with E-state index < -0.39 is 10.5 Å². The normalized spacial score (nSPS) is 32.6. The maximum Gasteiger partial charge on any atom is 0.137 e. The minimum absolute atomic E-state index is 0.365. The van der Waals surface area contributed by atoms with E-state index in [0.29, 0.717) is 18.7 Å². The first-order valence-electron chi connectivity index (χ1n) is 5.40. The van der Waals surface area contributed by atoms with Gasteiger partial charge in [0.1, 0.15) is 16.3 Å². The maximum absolute atomic E-state index is 10.2. The molecule has 17 heavy (non-hydrogen) atoms. The Bertz CT molecular complexity index is 569. The fourth-order valence-electron chi connectivity index (χ4n) is 2.30. The summed E-state index contributed by atoms with van der Waals surface area (Å²) in [6.07, 6.45) is 7.78. The third kappa shape index (κ3) is 1.27. The summed E-state index contributed by atoms with van der Waals surface area (Å²) in [7, 11) is 0. The molecular formula is C11H12ClN3O2. The van der Waals surface area contributed by atoms with Crippen LogP contribution in [0.15, 0.2) is 24.8 Å². The lowest BCUT2D eigenvalue weighted by atomic mass is 9.68. The van der Waals surface area contributed by atoms with Crippen molar-refractivity contribution in [3.8, 4) is 0 Å². The van der Waals surface area contributed by atoms with Crippen LogP contribution in [0.5, 0.6) is 0 Å². The summed E-state index contributed by atoms with van der Waals surface area (Å²) >= 11 is 6.45. The molecule has 0 aliphatic heterocycles. The summed E-state index contributed by atoms with van der Waals surface area (Å²) in [5, 5.41) is 19.5. The molecule has 2 N–H and O–H groups in total. The summed E-state index contributed by atoms with van der Waals surface area (Å²) < 4.78 is 1.79. The van der Waals surface area contributed by atoms with Gasteiger partial charge in [0.25, 0.3) is 0 Å². The first kappa shape index (κ1) is 11.0. The van der Waals surface area contributed by atoms with Crippen LogP contribution in [0.2, 0.25) is 0 Å². The highest BCUT2D eigenvalue weighted by Crippen LogP contribution is 2.54. The van der Waals surface area contributed by atoms with Gasteiger partial charge in [0.05, 0.1) is 24.5 Å². The number of halogens is 1. The molecule has 1 aliphatic carbocycles. The van der Waals surface area contributed by atoms with Gasteiger partial charge in [0, 0.05) is 12.4 Å². The highest BCUT2D eigenvalue weighted by atomic mass is 35.5. The molecule has 1 fully saturated rings. The topological polar surface area (TPSA) is 70.7 Å². The van der Waals surface area contributed by atoms with Crippen molar-refractivity contribution in [3.05, 3.63) is 30.6 Å². The van der Waals surface area contributed by atoms with Crippen molar-refractivity contribution >= 4 is 17.1 Å². The van der Waals surface area contributed by atoms with Crippen LogP contribution < -0.4 is 0 Å². The number of nitrogens with zero attached hydrogens (tertiary/aromatic N) is 3. The zero-order valence-electron chi connectivity index (χ0n) is 9.04. The SMILES string of the molecule is OCC1(O)CCC1(Cl)c1ncc2cnccn12. The fraction of sp³-hybridized carbons (Fsp3) is 0.455. The van der Waals surface area contributed by atoms with Crippen LogP contribution in [0, 0.1) is 0 Å². The van der Waals surface area contributed by atoms with E-state index in [1.54, 1.807) is 29.2 Å². The molecule has 0 radical (unpaired) electrons. The molecule has 5 nitrogen and oxygen atoms in total. The Morgan fingerprint density at radius 2 is 2.24 bits per heavy atom. The molecule has 1 saturated carbocycles. The number of aliphatic hydroxyl groups is 2. The van der Waals surface area contributed by atoms with Crippen molar-refractivity contribution in [1.82, 2.24) is 14.4 Å². The minimum atomic E-state index is -1.29. The molecule has 2 aromatic rings. The van der Waals surface area contributed by atoms with E-state index in [2.05, 4.69) is 9.97 Å². The first-order valence-corrected chi connectivity index (χ1v) is 5.78. The van der Waals surface area contributed by atoms with Crippen molar-refractivity contribution in [2.45, 2.75) is 23.3 Å². The van der Waals surface area contributed by atoms with Crippen LogP contribution in [0.3, 0.4) is 0 Å². The predicted octanol–water partition coefficient (Wildman–Crippen LogP) is 0.681. The molecule has 2 heterocycles. The largest absolute Gasteiger partial charge is 0.393 e. The van der Waals surface area contributed by atoms with E-state index in [-0.39, 0.29) is 6.61 Å². The van der Waals surface area contributed by atoms with E-state index in [9.17, 15) is 10.2 Å². The zero-order chi connectivity index (χ0) is 12.1. The molecule has 1 aliphatic rings. The van der Waals surface area contributed by atoms with Gasteiger partial charge in [-0.2, -0.15) is 0 Å². The van der Waals surface area contributed by atoms with Crippen molar-refractivity contribution < 1.29 is 10.2 Å². The molecule has 2 atom stereocenters. The van der Waals surface area contributed by atoms with Crippen LogP contribution in [0.4, 0.5) is 0 Å². The van der Waals surface area contributed by atoms with Gasteiger partial charge in [0.15, 0.2) is 0 Å². The van der Waals surface area contributed by atoms with E-state index in [1.807, 2.05) is 0 Å². The second-order valence-electron chi connectivity index (χ2n) is 4.44. The number of hydrogen-bond acceptors (Lipinski definition) is 4. The summed E-state index contributed by atoms with van der Waals surface area (Å²) in [6.45, 7) is -0.365. The summed E-state index contributed by atoms with van der Waals surface area (Å²) in [4.78, 5) is 7.23. The van der Waals surface area contributed by atoms with Gasteiger partial charge in [-0.3, -0.25) is 9.38 Å². The lowest BCUT2D eigenvalue weighted by molar-refractivity contribution is -0.116. The van der Waals surface area contributed by atoms with E-state index in [0.717, 1.165) is 5.52 Å². The highest BCUT2D eigenvalue weighted by molar-refractivity contribution is 6.25. The number of hydrogen-bond donors (Lipinski definition) is 2. The number of imidazole rings is 1. The zero-order valence-corrected chi connectivity index (χ0v) is 9.80. The van der Waals surface area contributed by atoms with Gasteiger partial charge < -0.3 is 10.2 Å². The molecule has 3 rings (SSSR count). The molecule has 6 heteroatoms. The van der Waals surface area contributed by atoms with E-state index >= 15 is 0 Å². The lowest BCUT2D eigenvalue weighted by Crippen LogP contribution is -2.60. The molecule has 2 aromatic heterocycles. The molecule has 2 unspecified atom stereocenters. The summed E-state index contributed by atoms with van der Waals surface area (Å²) in [5.74, 6) is 0.555. The van der Waals surface area contributed by atoms with Gasteiger partial charge >= 0.3 is 0 Å². The summed E-state index contributed by atoms with van der Waals surface area (Å²) in [6, 6.07) is 0.